The van der Waals surface area contributed by atoms with Gasteiger partial charge in [-0.15, -0.1) is 0 Å². The fourth-order valence-electron chi connectivity index (χ4n) is 1.56. The highest BCUT2D eigenvalue weighted by molar-refractivity contribution is 6.29. The summed E-state index contributed by atoms with van der Waals surface area (Å²) in [6.45, 7) is -0.259. The monoisotopic (exact) mass is 301 g/mol. The average Bonchev–Trinajstić information content (AvgIpc) is 2.37. The van der Waals surface area contributed by atoms with Gasteiger partial charge in [0, 0.05) is 18.2 Å². The number of rotatable bonds is 4. The van der Waals surface area contributed by atoms with Crippen LogP contribution in [0.25, 0.3) is 11.4 Å². The zero-order valence-corrected chi connectivity index (χ0v) is 11.0. The Labute approximate surface area is 118 Å². The van der Waals surface area contributed by atoms with E-state index in [1.807, 2.05) is 18.2 Å². The van der Waals surface area contributed by atoms with Crippen LogP contribution in [0, 0.1) is 0 Å². The molecule has 2 aromatic rings. The van der Waals surface area contributed by atoms with Gasteiger partial charge in [0.25, 0.3) is 0 Å². The molecule has 1 aromatic heterocycles. The maximum Gasteiger partial charge on any atom is 0.390 e. The molecule has 0 atom stereocenters. The van der Waals surface area contributed by atoms with E-state index in [2.05, 4.69) is 15.3 Å². The molecule has 0 aliphatic carbocycles. The zero-order chi connectivity index (χ0) is 14.6. The van der Waals surface area contributed by atoms with Crippen molar-refractivity contribution in [1.82, 2.24) is 9.97 Å². The first-order valence-electron chi connectivity index (χ1n) is 5.85. The summed E-state index contributed by atoms with van der Waals surface area (Å²) in [6.07, 6.45) is -5.14. The molecule has 0 saturated heterocycles. The quantitative estimate of drug-likeness (QED) is 0.862. The zero-order valence-electron chi connectivity index (χ0n) is 10.3. The second-order valence-electron chi connectivity index (χ2n) is 4.06. The molecule has 20 heavy (non-hydrogen) atoms. The van der Waals surface area contributed by atoms with E-state index in [9.17, 15) is 13.2 Å². The van der Waals surface area contributed by atoms with Gasteiger partial charge in [0.1, 0.15) is 11.0 Å². The van der Waals surface area contributed by atoms with Crippen molar-refractivity contribution in [2.75, 3.05) is 11.9 Å². The molecule has 0 amide bonds. The van der Waals surface area contributed by atoms with Crippen molar-refractivity contribution in [2.45, 2.75) is 12.6 Å². The van der Waals surface area contributed by atoms with Crippen LogP contribution in [0.1, 0.15) is 6.42 Å². The fraction of sp³-hybridized carbons (Fsp3) is 0.231. The topological polar surface area (TPSA) is 37.8 Å². The van der Waals surface area contributed by atoms with Crippen molar-refractivity contribution in [3.05, 3.63) is 41.6 Å². The molecule has 0 aliphatic heterocycles. The highest BCUT2D eigenvalue weighted by Crippen LogP contribution is 2.22. The molecule has 3 nitrogen and oxygen atoms in total. The third kappa shape index (κ3) is 4.38. The molecule has 106 valence electrons. The van der Waals surface area contributed by atoms with Crippen molar-refractivity contribution < 1.29 is 13.2 Å². The summed E-state index contributed by atoms with van der Waals surface area (Å²) in [4.78, 5) is 8.20. The first-order chi connectivity index (χ1) is 9.44. The summed E-state index contributed by atoms with van der Waals surface area (Å²) in [5, 5.41) is 2.77. The van der Waals surface area contributed by atoms with Crippen LogP contribution in [0.3, 0.4) is 0 Å². The van der Waals surface area contributed by atoms with Gasteiger partial charge in [-0.25, -0.2) is 9.97 Å². The fourth-order valence-corrected chi connectivity index (χ4v) is 1.74. The Morgan fingerprint density at radius 2 is 1.80 bits per heavy atom. The Balaban J connectivity index is 2.13. The van der Waals surface area contributed by atoms with Gasteiger partial charge in [-0.05, 0) is 0 Å². The van der Waals surface area contributed by atoms with Gasteiger partial charge in [0.2, 0.25) is 0 Å². The lowest BCUT2D eigenvalue weighted by molar-refractivity contribution is -0.131. The van der Waals surface area contributed by atoms with Crippen molar-refractivity contribution in [3.8, 4) is 11.4 Å². The smallest absolute Gasteiger partial charge is 0.370 e. The summed E-state index contributed by atoms with van der Waals surface area (Å²) in [5.41, 5.74) is 0.744. The Bertz CT molecular complexity index is 573. The average molecular weight is 302 g/mol. The van der Waals surface area contributed by atoms with E-state index in [0.717, 1.165) is 5.56 Å². The molecule has 0 unspecified atom stereocenters. The maximum absolute atomic E-state index is 12.1. The van der Waals surface area contributed by atoms with Gasteiger partial charge in [-0.2, -0.15) is 13.2 Å². The first kappa shape index (κ1) is 14.6. The SMILES string of the molecule is FC(F)(F)CCNc1cc(Cl)nc(-c2ccccc2)n1. The van der Waals surface area contributed by atoms with E-state index < -0.39 is 12.6 Å². The van der Waals surface area contributed by atoms with Crippen LogP contribution in [0.4, 0.5) is 19.0 Å². The molecule has 0 bridgehead atoms. The van der Waals surface area contributed by atoms with Crippen LogP contribution in [0.5, 0.6) is 0 Å². The van der Waals surface area contributed by atoms with Crippen LogP contribution < -0.4 is 5.32 Å². The number of aromatic nitrogens is 2. The number of nitrogens with one attached hydrogen (secondary N) is 1. The number of hydrogen-bond donors (Lipinski definition) is 1. The molecule has 0 radical (unpaired) electrons. The van der Waals surface area contributed by atoms with E-state index in [4.69, 9.17) is 11.6 Å². The molecule has 1 heterocycles. The summed E-state index contributed by atoms with van der Waals surface area (Å²) in [5.74, 6) is 0.640. The lowest BCUT2D eigenvalue weighted by atomic mass is 10.2. The number of nitrogens with zero attached hydrogens (tertiary/aromatic N) is 2. The number of halogens is 4. The minimum absolute atomic E-state index is 0.174. The van der Waals surface area contributed by atoms with Gasteiger partial charge in [-0.1, -0.05) is 41.9 Å². The third-order valence-corrected chi connectivity index (χ3v) is 2.64. The van der Waals surface area contributed by atoms with Gasteiger partial charge in [0.15, 0.2) is 5.82 Å². The largest absolute Gasteiger partial charge is 0.390 e. The molecule has 1 aromatic carbocycles. The lowest BCUT2D eigenvalue weighted by Gasteiger charge is -2.09. The number of anilines is 1. The van der Waals surface area contributed by atoms with Crippen molar-refractivity contribution in [1.29, 1.82) is 0 Å². The highest BCUT2D eigenvalue weighted by atomic mass is 35.5. The molecule has 7 heteroatoms. The van der Waals surface area contributed by atoms with Gasteiger partial charge < -0.3 is 5.32 Å². The minimum atomic E-state index is -4.20. The van der Waals surface area contributed by atoms with E-state index in [-0.39, 0.29) is 17.5 Å². The molecule has 0 aliphatic rings. The van der Waals surface area contributed by atoms with E-state index in [1.165, 1.54) is 6.07 Å². The second kappa shape index (κ2) is 6.09. The molecular formula is C13H11ClF3N3. The number of alkyl halides is 3. The second-order valence-corrected chi connectivity index (χ2v) is 4.44. The Morgan fingerprint density at radius 3 is 2.45 bits per heavy atom. The first-order valence-corrected chi connectivity index (χ1v) is 6.22. The van der Waals surface area contributed by atoms with Crippen molar-refractivity contribution in [2.24, 2.45) is 0 Å². The van der Waals surface area contributed by atoms with Crippen LogP contribution in [-0.4, -0.2) is 22.7 Å². The Hall–Kier alpha value is -1.82. The molecule has 1 N–H and O–H groups in total. The molecule has 0 spiro atoms. The summed E-state index contributed by atoms with van der Waals surface area (Å²) in [6, 6.07) is 10.5. The van der Waals surface area contributed by atoms with Crippen LogP contribution in [0.2, 0.25) is 5.15 Å². The summed E-state index contributed by atoms with van der Waals surface area (Å²) in [7, 11) is 0. The van der Waals surface area contributed by atoms with Crippen molar-refractivity contribution in [3.63, 3.8) is 0 Å². The predicted molar refractivity (Wildman–Crippen MR) is 71.6 cm³/mol. The minimum Gasteiger partial charge on any atom is -0.370 e. The number of hydrogen-bond acceptors (Lipinski definition) is 3. The molecular weight excluding hydrogens is 291 g/mol. The van der Waals surface area contributed by atoms with E-state index in [0.29, 0.717) is 5.82 Å². The lowest BCUT2D eigenvalue weighted by Crippen LogP contribution is -2.15. The summed E-state index contributed by atoms with van der Waals surface area (Å²) < 4.78 is 36.2. The van der Waals surface area contributed by atoms with Crippen LogP contribution in [0.15, 0.2) is 36.4 Å². The highest BCUT2D eigenvalue weighted by Gasteiger charge is 2.26. The molecule has 2 rings (SSSR count). The number of benzene rings is 1. The Kier molecular flexibility index (Phi) is 4.44. The van der Waals surface area contributed by atoms with Crippen LogP contribution in [-0.2, 0) is 0 Å². The predicted octanol–water partition coefficient (Wildman–Crippen LogP) is 4.16. The molecule has 0 saturated carbocycles. The standard InChI is InChI=1S/C13H11ClF3N3/c14-10-8-11(18-7-6-13(15,16)17)20-12(19-10)9-4-2-1-3-5-9/h1-5,8H,6-7H2,(H,18,19,20). The van der Waals surface area contributed by atoms with Gasteiger partial charge in [-0.3, -0.25) is 0 Å². The van der Waals surface area contributed by atoms with Crippen molar-refractivity contribution >= 4 is 17.4 Å². The summed E-state index contributed by atoms with van der Waals surface area (Å²) >= 11 is 5.86. The van der Waals surface area contributed by atoms with Gasteiger partial charge >= 0.3 is 6.18 Å². The maximum atomic E-state index is 12.1. The van der Waals surface area contributed by atoms with E-state index >= 15 is 0 Å². The normalized spacial score (nSPS) is 11.4. The third-order valence-electron chi connectivity index (χ3n) is 2.44. The van der Waals surface area contributed by atoms with E-state index in [1.54, 1.807) is 12.1 Å². The molecule has 0 fully saturated rings. The Morgan fingerprint density at radius 1 is 1.10 bits per heavy atom. The van der Waals surface area contributed by atoms with Crippen LogP contribution >= 0.6 is 11.6 Å². The van der Waals surface area contributed by atoms with Gasteiger partial charge in [0.05, 0.1) is 6.42 Å².